The van der Waals surface area contributed by atoms with Gasteiger partial charge >= 0.3 is 6.03 Å². The number of nitrogens with one attached hydrogen (secondary N) is 2. The first-order valence-electron chi connectivity index (χ1n) is 8.14. The Morgan fingerprint density at radius 3 is 2.58 bits per heavy atom. The summed E-state index contributed by atoms with van der Waals surface area (Å²) >= 11 is 1.27. The van der Waals surface area contributed by atoms with Gasteiger partial charge in [0.05, 0.1) is 0 Å². The summed E-state index contributed by atoms with van der Waals surface area (Å²) in [6, 6.07) is 8.32. The average molecular weight is 373 g/mol. The largest absolute Gasteiger partial charge is 0.325 e. The maximum absolute atomic E-state index is 12.8. The Bertz CT molecular complexity index is 851. The van der Waals surface area contributed by atoms with E-state index in [1.165, 1.54) is 11.3 Å². The lowest BCUT2D eigenvalue weighted by Gasteiger charge is -2.21. The van der Waals surface area contributed by atoms with Gasteiger partial charge in [0.1, 0.15) is 17.1 Å². The summed E-state index contributed by atoms with van der Waals surface area (Å²) in [6.07, 6.45) is 0. The molecule has 1 aliphatic rings. The Morgan fingerprint density at radius 2 is 1.96 bits per heavy atom. The number of aromatic nitrogens is 2. The number of nitrogens with zero attached hydrogens (tertiary/aromatic N) is 3. The third-order valence-electron chi connectivity index (χ3n) is 4.11. The first kappa shape index (κ1) is 18.0. The number of urea groups is 1. The van der Waals surface area contributed by atoms with Gasteiger partial charge in [0.15, 0.2) is 0 Å². The lowest BCUT2D eigenvalue weighted by atomic mass is 9.92. The van der Waals surface area contributed by atoms with E-state index in [1.54, 1.807) is 31.2 Å². The van der Waals surface area contributed by atoms with Gasteiger partial charge in [0.25, 0.3) is 5.91 Å². The van der Waals surface area contributed by atoms with Crippen LogP contribution in [0.4, 0.5) is 9.93 Å². The van der Waals surface area contributed by atoms with Crippen molar-refractivity contribution >= 4 is 34.3 Å². The van der Waals surface area contributed by atoms with Crippen LogP contribution in [0.25, 0.3) is 0 Å². The summed E-state index contributed by atoms with van der Waals surface area (Å²) in [5.41, 5.74) is -0.529. The fourth-order valence-corrected chi connectivity index (χ4v) is 3.39. The van der Waals surface area contributed by atoms with Crippen molar-refractivity contribution in [3.8, 4) is 0 Å². The Balaban J connectivity index is 1.70. The van der Waals surface area contributed by atoms with Crippen LogP contribution in [0.3, 0.4) is 0 Å². The highest BCUT2D eigenvalue weighted by molar-refractivity contribution is 7.15. The van der Waals surface area contributed by atoms with Crippen molar-refractivity contribution in [2.24, 2.45) is 0 Å². The molecule has 1 unspecified atom stereocenters. The molecule has 9 heteroatoms. The van der Waals surface area contributed by atoms with Crippen LogP contribution in [-0.4, -0.2) is 39.5 Å². The number of carbonyl (C=O) groups is 3. The zero-order valence-corrected chi connectivity index (χ0v) is 15.5. The Hall–Kier alpha value is -2.81. The van der Waals surface area contributed by atoms with Gasteiger partial charge in [-0.2, -0.15) is 0 Å². The van der Waals surface area contributed by atoms with Gasteiger partial charge in [-0.05, 0) is 12.5 Å². The highest BCUT2D eigenvalue weighted by atomic mass is 32.1. The topological polar surface area (TPSA) is 104 Å². The number of hydrogen-bond acceptors (Lipinski definition) is 6. The molecule has 1 atom stereocenters. The summed E-state index contributed by atoms with van der Waals surface area (Å²) in [4.78, 5) is 38.1. The SMILES string of the molecule is CC(C)c1nnc(NC(=O)CN2C(=O)NC(C)(c3ccccc3)C2=O)s1. The summed E-state index contributed by atoms with van der Waals surface area (Å²) in [6.45, 7) is 5.19. The van der Waals surface area contributed by atoms with Crippen LogP contribution in [0.15, 0.2) is 30.3 Å². The predicted octanol–water partition coefficient (Wildman–Crippen LogP) is 2.07. The van der Waals surface area contributed by atoms with Gasteiger partial charge in [-0.1, -0.05) is 55.5 Å². The van der Waals surface area contributed by atoms with E-state index in [0.717, 1.165) is 9.91 Å². The summed E-state index contributed by atoms with van der Waals surface area (Å²) in [5, 5.41) is 14.3. The molecule has 4 amide bonds. The number of anilines is 1. The van der Waals surface area contributed by atoms with Crippen LogP contribution in [0, 0.1) is 0 Å². The first-order valence-corrected chi connectivity index (χ1v) is 8.96. The number of carbonyl (C=O) groups excluding carboxylic acids is 3. The number of amides is 4. The van der Waals surface area contributed by atoms with E-state index in [9.17, 15) is 14.4 Å². The molecule has 1 fully saturated rings. The zero-order valence-electron chi connectivity index (χ0n) is 14.6. The molecule has 8 nitrogen and oxygen atoms in total. The van der Waals surface area contributed by atoms with Gasteiger partial charge in [-0.25, -0.2) is 4.79 Å². The third kappa shape index (κ3) is 3.30. The second-order valence-corrected chi connectivity index (χ2v) is 7.47. The number of imide groups is 1. The minimum absolute atomic E-state index is 0.204. The van der Waals surface area contributed by atoms with Gasteiger partial charge in [0.2, 0.25) is 11.0 Å². The molecule has 0 spiro atoms. The lowest BCUT2D eigenvalue weighted by Crippen LogP contribution is -2.42. The lowest BCUT2D eigenvalue weighted by molar-refractivity contribution is -0.133. The van der Waals surface area contributed by atoms with Crippen molar-refractivity contribution in [3.63, 3.8) is 0 Å². The normalized spacial score (nSPS) is 19.8. The Labute approximate surface area is 154 Å². The van der Waals surface area contributed by atoms with Gasteiger partial charge in [-0.3, -0.25) is 19.8 Å². The third-order valence-corrected chi connectivity index (χ3v) is 5.25. The van der Waals surface area contributed by atoms with Crippen LogP contribution in [0.5, 0.6) is 0 Å². The molecular weight excluding hydrogens is 354 g/mol. The standard InChI is InChI=1S/C17H19N5O3S/c1-10(2)13-20-21-15(26-13)18-12(23)9-22-14(24)17(3,19-16(22)25)11-7-5-4-6-8-11/h4-8,10H,9H2,1-3H3,(H,19,25)(H,18,21,23). The summed E-state index contributed by atoms with van der Waals surface area (Å²) < 4.78 is 0. The van der Waals surface area contributed by atoms with Crippen molar-refractivity contribution < 1.29 is 14.4 Å². The fourth-order valence-electron chi connectivity index (χ4n) is 2.63. The molecule has 3 rings (SSSR count). The predicted molar refractivity (Wildman–Crippen MR) is 96.7 cm³/mol. The summed E-state index contributed by atoms with van der Waals surface area (Å²) in [5.74, 6) is -0.767. The molecule has 1 aromatic heterocycles. The second kappa shape index (κ2) is 6.83. The Kier molecular flexibility index (Phi) is 4.73. The molecular formula is C17H19N5O3S. The van der Waals surface area contributed by atoms with Gasteiger partial charge in [-0.15, -0.1) is 10.2 Å². The minimum atomic E-state index is -1.19. The maximum Gasteiger partial charge on any atom is 0.325 e. The van der Waals surface area contributed by atoms with Crippen LogP contribution >= 0.6 is 11.3 Å². The monoisotopic (exact) mass is 373 g/mol. The first-order chi connectivity index (χ1) is 12.3. The summed E-state index contributed by atoms with van der Waals surface area (Å²) in [7, 11) is 0. The molecule has 0 bridgehead atoms. The molecule has 1 aromatic carbocycles. The molecule has 0 aliphatic carbocycles. The van der Waals surface area contributed by atoms with Crippen molar-refractivity contribution in [1.29, 1.82) is 0 Å². The van der Waals surface area contributed by atoms with E-state index in [1.807, 2.05) is 19.9 Å². The van der Waals surface area contributed by atoms with E-state index >= 15 is 0 Å². The number of hydrogen-bond donors (Lipinski definition) is 2. The van der Waals surface area contributed by atoms with Gasteiger partial charge in [0, 0.05) is 5.92 Å². The highest BCUT2D eigenvalue weighted by Gasteiger charge is 2.49. The smallest absolute Gasteiger partial charge is 0.319 e. The Morgan fingerprint density at radius 1 is 1.27 bits per heavy atom. The molecule has 1 aliphatic heterocycles. The van der Waals surface area contributed by atoms with E-state index < -0.39 is 23.4 Å². The fraction of sp³-hybridized carbons (Fsp3) is 0.353. The van der Waals surface area contributed by atoms with Crippen LogP contribution in [-0.2, 0) is 15.1 Å². The molecule has 26 heavy (non-hydrogen) atoms. The molecule has 2 N–H and O–H groups in total. The second-order valence-electron chi connectivity index (χ2n) is 6.46. The van der Waals surface area contributed by atoms with E-state index in [2.05, 4.69) is 20.8 Å². The molecule has 2 heterocycles. The zero-order chi connectivity index (χ0) is 18.9. The van der Waals surface area contributed by atoms with E-state index in [-0.39, 0.29) is 12.5 Å². The van der Waals surface area contributed by atoms with E-state index in [4.69, 9.17) is 0 Å². The van der Waals surface area contributed by atoms with Crippen molar-refractivity contribution in [2.75, 3.05) is 11.9 Å². The molecule has 0 saturated carbocycles. The average Bonchev–Trinajstić information content (AvgIpc) is 3.15. The van der Waals surface area contributed by atoms with Gasteiger partial charge < -0.3 is 5.32 Å². The number of rotatable bonds is 5. The quantitative estimate of drug-likeness (QED) is 0.781. The number of benzene rings is 1. The molecule has 2 aromatic rings. The van der Waals surface area contributed by atoms with Crippen molar-refractivity contribution in [3.05, 3.63) is 40.9 Å². The van der Waals surface area contributed by atoms with Crippen LogP contribution in [0.2, 0.25) is 0 Å². The van der Waals surface area contributed by atoms with Crippen LogP contribution in [0.1, 0.15) is 37.3 Å². The minimum Gasteiger partial charge on any atom is -0.319 e. The maximum atomic E-state index is 12.8. The van der Waals surface area contributed by atoms with Crippen molar-refractivity contribution in [2.45, 2.75) is 32.2 Å². The van der Waals surface area contributed by atoms with Crippen LogP contribution < -0.4 is 10.6 Å². The van der Waals surface area contributed by atoms with Crippen molar-refractivity contribution in [1.82, 2.24) is 20.4 Å². The highest BCUT2D eigenvalue weighted by Crippen LogP contribution is 2.28. The molecule has 136 valence electrons. The molecule has 1 saturated heterocycles. The van der Waals surface area contributed by atoms with E-state index in [0.29, 0.717) is 10.7 Å². The molecule has 0 radical (unpaired) electrons.